The van der Waals surface area contributed by atoms with Crippen molar-refractivity contribution in [1.29, 1.82) is 0 Å². The van der Waals surface area contributed by atoms with Gasteiger partial charge in [-0.15, -0.1) is 0 Å². The van der Waals surface area contributed by atoms with Crippen LogP contribution in [0.1, 0.15) is 20.3 Å². The first kappa shape index (κ1) is 27.2. The van der Waals surface area contributed by atoms with E-state index in [1.165, 1.54) is 6.42 Å². The predicted octanol–water partition coefficient (Wildman–Crippen LogP) is 3.64. The molecule has 0 bridgehead atoms. The molecule has 0 N–H and O–H groups in total. The molecular weight excluding hydrogens is 348 g/mol. The Morgan fingerprint density at radius 1 is 0.739 bits per heavy atom. The van der Waals surface area contributed by atoms with Crippen molar-refractivity contribution in [2.75, 3.05) is 0 Å². The van der Waals surface area contributed by atoms with Crippen LogP contribution in [0.15, 0.2) is 0 Å². The smallest absolute Gasteiger partial charge is 0.373 e. The van der Waals surface area contributed by atoms with Crippen molar-refractivity contribution < 1.29 is 27.4 Å². The largest absolute Gasteiger partial charge is 0.437 e. The molecule has 0 spiro atoms. The molecule has 6 nitrogen and oxygen atoms in total. The third-order valence-corrected chi connectivity index (χ3v) is 11.8. The highest BCUT2D eigenvalue weighted by Crippen LogP contribution is 2.26. The summed E-state index contributed by atoms with van der Waals surface area (Å²) in [6.07, 6.45) is 1.72. The second-order valence-electron chi connectivity index (χ2n) is 7.66. The number of rotatable bonds is 7. The molecule has 0 amide bonds. The Morgan fingerprint density at radius 2 is 1.00 bits per heavy atom. The maximum atomic E-state index is 8.12. The van der Waals surface area contributed by atoms with E-state index < -0.39 is 25.2 Å². The van der Waals surface area contributed by atoms with Gasteiger partial charge in [0.05, 0.1) is 0 Å². The van der Waals surface area contributed by atoms with E-state index in [0.717, 1.165) is 12.0 Å². The fourth-order valence-corrected chi connectivity index (χ4v) is 14.8. The van der Waals surface area contributed by atoms with Crippen LogP contribution in [0, 0.1) is 5.92 Å². The van der Waals surface area contributed by atoms with Gasteiger partial charge in [-0.3, -0.25) is 0 Å². The summed E-state index contributed by atoms with van der Waals surface area (Å²) in [5.74, 6) is 0.734. The Bertz CT molecular complexity index is 345. The molecule has 0 radical (unpaired) electrons. The SMILES string of the molecule is CC(C)CC[Si](C)(O[Si](C)(C)C)O[Si](C)(C)C.O=C=O.O=C=O. The fraction of sp³-hybridized carbons (Fsp3) is 0.857. The zero-order chi connectivity index (χ0) is 19.3. The van der Waals surface area contributed by atoms with E-state index in [0.29, 0.717) is 0 Å². The molecule has 9 heteroatoms. The summed E-state index contributed by atoms with van der Waals surface area (Å²) in [5.41, 5.74) is 0. The van der Waals surface area contributed by atoms with Crippen molar-refractivity contribution in [2.45, 2.75) is 72.1 Å². The van der Waals surface area contributed by atoms with Gasteiger partial charge in [-0.05, 0) is 64.2 Å². The van der Waals surface area contributed by atoms with Crippen molar-refractivity contribution in [3.05, 3.63) is 0 Å². The van der Waals surface area contributed by atoms with Crippen molar-refractivity contribution >= 4 is 37.5 Å². The van der Waals surface area contributed by atoms with Crippen LogP contribution < -0.4 is 0 Å². The van der Waals surface area contributed by atoms with Gasteiger partial charge in [-0.1, -0.05) is 13.8 Å². The van der Waals surface area contributed by atoms with Crippen molar-refractivity contribution in [2.24, 2.45) is 5.92 Å². The lowest BCUT2D eigenvalue weighted by Gasteiger charge is -2.38. The van der Waals surface area contributed by atoms with Crippen LogP contribution in [-0.2, 0) is 27.4 Å². The summed E-state index contributed by atoms with van der Waals surface area (Å²) in [4.78, 5) is 32.5. The summed E-state index contributed by atoms with van der Waals surface area (Å²) in [5, 5.41) is 0. The van der Waals surface area contributed by atoms with Gasteiger partial charge in [0.2, 0.25) is 0 Å². The number of carbonyl (C=O) groups excluding carboxylic acids is 4. The molecule has 0 aromatic heterocycles. The summed E-state index contributed by atoms with van der Waals surface area (Å²) in [6.45, 7) is 20.4. The minimum absolute atomic E-state index is 0.250. The average Bonchev–Trinajstić information content (AvgIpc) is 2.23. The zero-order valence-corrected chi connectivity index (χ0v) is 18.9. The highest BCUT2D eigenvalue weighted by Gasteiger charge is 2.39. The maximum Gasteiger partial charge on any atom is 0.373 e. The van der Waals surface area contributed by atoms with Gasteiger partial charge in [0.1, 0.15) is 0 Å². The van der Waals surface area contributed by atoms with Crippen molar-refractivity contribution in [3.8, 4) is 0 Å². The molecule has 136 valence electrons. The Kier molecular flexibility index (Phi) is 15.0. The first-order chi connectivity index (χ1) is 10.2. The maximum absolute atomic E-state index is 8.12. The fourth-order valence-electron chi connectivity index (χ4n) is 1.97. The number of hydrogen-bond acceptors (Lipinski definition) is 6. The lowest BCUT2D eigenvalue weighted by Crippen LogP contribution is -2.52. The lowest BCUT2D eigenvalue weighted by atomic mass is 10.2. The molecular formula is C14H32O6Si3. The normalized spacial score (nSPS) is 11.4. The predicted molar refractivity (Wildman–Crippen MR) is 94.8 cm³/mol. The Labute approximate surface area is 143 Å². The first-order valence-corrected chi connectivity index (χ1v) is 16.9. The molecule has 0 fully saturated rings. The molecule has 0 unspecified atom stereocenters. The van der Waals surface area contributed by atoms with Gasteiger partial charge < -0.3 is 8.23 Å². The highest BCUT2D eigenvalue weighted by molar-refractivity contribution is 6.87. The molecule has 0 saturated heterocycles. The Hall–Kier alpha value is -0.669. The molecule has 23 heavy (non-hydrogen) atoms. The van der Waals surface area contributed by atoms with E-state index in [4.69, 9.17) is 27.4 Å². The monoisotopic (exact) mass is 380 g/mol. The van der Waals surface area contributed by atoms with E-state index in [9.17, 15) is 0 Å². The van der Waals surface area contributed by atoms with E-state index in [1.807, 2.05) is 0 Å². The van der Waals surface area contributed by atoms with Crippen molar-refractivity contribution in [3.63, 3.8) is 0 Å². The second-order valence-corrected chi connectivity index (χ2v) is 20.5. The molecule has 0 heterocycles. The molecule has 0 rings (SSSR count). The van der Waals surface area contributed by atoms with Crippen LogP contribution in [0.4, 0.5) is 0 Å². The van der Waals surface area contributed by atoms with Gasteiger partial charge in [0.15, 0.2) is 16.6 Å². The minimum atomic E-state index is -1.96. The van der Waals surface area contributed by atoms with E-state index >= 15 is 0 Å². The molecule has 0 aliphatic rings. The van der Waals surface area contributed by atoms with Gasteiger partial charge in [-0.2, -0.15) is 19.2 Å². The molecule has 0 aliphatic heterocycles. The van der Waals surface area contributed by atoms with E-state index in [-0.39, 0.29) is 12.3 Å². The van der Waals surface area contributed by atoms with Crippen LogP contribution in [0.25, 0.3) is 0 Å². The minimum Gasteiger partial charge on any atom is -0.437 e. The summed E-state index contributed by atoms with van der Waals surface area (Å²) < 4.78 is 12.9. The van der Waals surface area contributed by atoms with Gasteiger partial charge in [-0.25, -0.2) is 0 Å². The highest BCUT2D eigenvalue weighted by atomic mass is 28.5. The van der Waals surface area contributed by atoms with Crippen LogP contribution >= 0.6 is 0 Å². The third kappa shape index (κ3) is 26.5. The third-order valence-electron chi connectivity index (χ3n) is 2.22. The molecule has 0 aliphatic carbocycles. The van der Waals surface area contributed by atoms with Crippen LogP contribution in [0.2, 0.25) is 51.9 Å². The Balaban J connectivity index is -0.000000573. The van der Waals surface area contributed by atoms with Crippen molar-refractivity contribution in [1.82, 2.24) is 0 Å². The van der Waals surface area contributed by atoms with Gasteiger partial charge in [0, 0.05) is 0 Å². The van der Waals surface area contributed by atoms with Crippen LogP contribution in [0.5, 0.6) is 0 Å². The van der Waals surface area contributed by atoms with E-state index in [1.54, 1.807) is 0 Å². The summed E-state index contributed by atoms with van der Waals surface area (Å²) >= 11 is 0. The molecule has 0 atom stereocenters. The standard InChI is InChI=1S/C12H32O2Si3.2CO2/c1-12(2)10-11-17(9,13-15(3,4)5)14-16(6,7)8;2*2-1-3/h12H,10-11H2,1-9H3;;. The van der Waals surface area contributed by atoms with Gasteiger partial charge in [0.25, 0.3) is 0 Å². The lowest BCUT2D eigenvalue weighted by molar-refractivity contribution is -0.193. The van der Waals surface area contributed by atoms with Crippen LogP contribution in [0.3, 0.4) is 0 Å². The molecule has 0 aromatic carbocycles. The van der Waals surface area contributed by atoms with Gasteiger partial charge >= 0.3 is 20.9 Å². The average molecular weight is 381 g/mol. The number of hydrogen-bond donors (Lipinski definition) is 0. The zero-order valence-electron chi connectivity index (χ0n) is 15.9. The Morgan fingerprint density at radius 3 is 1.17 bits per heavy atom. The molecule has 0 aromatic rings. The topological polar surface area (TPSA) is 86.7 Å². The van der Waals surface area contributed by atoms with Crippen LogP contribution in [-0.4, -0.2) is 37.5 Å². The first-order valence-electron chi connectivity index (χ1n) is 7.55. The van der Waals surface area contributed by atoms with E-state index in [2.05, 4.69) is 59.7 Å². The summed E-state index contributed by atoms with van der Waals surface area (Å²) in [6, 6.07) is 1.14. The second kappa shape index (κ2) is 12.7. The summed E-state index contributed by atoms with van der Waals surface area (Å²) in [7, 11) is -4.97. The quantitative estimate of drug-likeness (QED) is 0.627. The molecule has 0 saturated carbocycles.